The van der Waals surface area contributed by atoms with Crippen molar-refractivity contribution < 1.29 is 18.7 Å². The maximum Gasteiger partial charge on any atom is 0.136 e. The minimum absolute atomic E-state index is 0.0446. The van der Waals surface area contributed by atoms with Gasteiger partial charge < -0.3 is 14.3 Å². The summed E-state index contributed by atoms with van der Waals surface area (Å²) in [6.45, 7) is 14.7. The second-order valence-corrected chi connectivity index (χ2v) is 9.19. The zero-order chi connectivity index (χ0) is 22.4. The molecular weight excluding hydrogens is 395 g/mol. The molecule has 0 amide bonds. The van der Waals surface area contributed by atoms with Crippen molar-refractivity contribution in [3.8, 4) is 0 Å². The van der Waals surface area contributed by atoms with Crippen LogP contribution in [-0.4, -0.2) is 54.3 Å². The fraction of sp³-hybridized carbons (Fsp3) is 0.600. The maximum absolute atomic E-state index is 13.3. The molecule has 5 nitrogen and oxygen atoms in total. The molecule has 1 aromatic heterocycles. The molecule has 0 saturated carbocycles. The molecule has 31 heavy (non-hydrogen) atoms. The Morgan fingerprint density at radius 1 is 1.00 bits per heavy atom. The van der Waals surface area contributed by atoms with E-state index in [1.807, 2.05) is 52.0 Å². The Hall–Kier alpha value is -1.73. The SMILES string of the molecule is CC(C)C(O)(c1ccc(CN(CCN2CCOCC2)Cc2ccc(F)cc2)o1)C(C)C. The van der Waals surface area contributed by atoms with E-state index in [1.165, 1.54) is 12.1 Å². The van der Waals surface area contributed by atoms with Crippen LogP contribution < -0.4 is 0 Å². The first-order valence-corrected chi connectivity index (χ1v) is 11.4. The molecular formula is C25H37FN2O3. The maximum atomic E-state index is 13.3. The molecule has 0 radical (unpaired) electrons. The summed E-state index contributed by atoms with van der Waals surface area (Å²) in [5, 5.41) is 11.3. The predicted molar refractivity (Wildman–Crippen MR) is 120 cm³/mol. The van der Waals surface area contributed by atoms with Gasteiger partial charge in [-0.25, -0.2) is 4.39 Å². The third-order valence-electron chi connectivity index (χ3n) is 6.35. The first-order chi connectivity index (χ1) is 14.8. The van der Waals surface area contributed by atoms with Crippen molar-refractivity contribution in [3.63, 3.8) is 0 Å². The molecule has 2 heterocycles. The fourth-order valence-corrected chi connectivity index (χ4v) is 4.30. The third-order valence-corrected chi connectivity index (χ3v) is 6.35. The van der Waals surface area contributed by atoms with Gasteiger partial charge >= 0.3 is 0 Å². The number of morpholine rings is 1. The van der Waals surface area contributed by atoms with Crippen molar-refractivity contribution in [2.24, 2.45) is 11.8 Å². The monoisotopic (exact) mass is 432 g/mol. The van der Waals surface area contributed by atoms with Gasteiger partial charge in [0.25, 0.3) is 0 Å². The van der Waals surface area contributed by atoms with Gasteiger partial charge in [-0.2, -0.15) is 0 Å². The number of hydrogen-bond acceptors (Lipinski definition) is 5. The van der Waals surface area contributed by atoms with E-state index in [-0.39, 0.29) is 17.7 Å². The largest absolute Gasteiger partial charge is 0.462 e. The van der Waals surface area contributed by atoms with Gasteiger partial charge in [-0.05, 0) is 41.7 Å². The van der Waals surface area contributed by atoms with Gasteiger partial charge in [0.15, 0.2) is 0 Å². The number of aliphatic hydroxyl groups is 1. The standard InChI is InChI=1S/C25H37FN2O3/c1-19(2)25(29,20(3)4)24-10-9-23(31-24)18-28(12-11-27-13-15-30-16-14-27)17-21-5-7-22(26)8-6-21/h5-10,19-20,29H,11-18H2,1-4H3. The molecule has 6 heteroatoms. The lowest BCUT2D eigenvalue weighted by atomic mass is 9.78. The molecule has 1 N–H and O–H groups in total. The van der Waals surface area contributed by atoms with Gasteiger partial charge in [0, 0.05) is 32.7 Å². The molecule has 2 aromatic rings. The second kappa shape index (κ2) is 10.7. The molecule has 3 rings (SSSR count). The van der Waals surface area contributed by atoms with Crippen LogP contribution in [0, 0.1) is 17.7 Å². The summed E-state index contributed by atoms with van der Waals surface area (Å²) in [5.41, 5.74) is 0.0735. The molecule has 0 spiro atoms. The molecule has 1 aromatic carbocycles. The molecule has 1 fully saturated rings. The van der Waals surface area contributed by atoms with Crippen LogP contribution in [0.1, 0.15) is 44.8 Å². The van der Waals surface area contributed by atoms with Crippen LogP contribution in [0.3, 0.4) is 0 Å². The van der Waals surface area contributed by atoms with Crippen LogP contribution in [0.15, 0.2) is 40.8 Å². The smallest absolute Gasteiger partial charge is 0.136 e. The Labute approximate surface area is 185 Å². The number of nitrogens with zero attached hydrogens (tertiary/aromatic N) is 2. The molecule has 0 unspecified atom stereocenters. The van der Waals surface area contributed by atoms with Gasteiger partial charge in [-0.15, -0.1) is 0 Å². The van der Waals surface area contributed by atoms with E-state index < -0.39 is 5.60 Å². The van der Waals surface area contributed by atoms with Gasteiger partial charge in [0.2, 0.25) is 0 Å². The third kappa shape index (κ3) is 6.16. The normalized spacial score (nSPS) is 16.0. The first-order valence-electron chi connectivity index (χ1n) is 11.4. The Morgan fingerprint density at radius 2 is 1.65 bits per heavy atom. The van der Waals surface area contributed by atoms with Crippen LogP contribution in [0.2, 0.25) is 0 Å². The van der Waals surface area contributed by atoms with Gasteiger partial charge in [0.1, 0.15) is 22.9 Å². The predicted octanol–water partition coefficient (Wildman–Crippen LogP) is 4.25. The summed E-state index contributed by atoms with van der Waals surface area (Å²) in [6.07, 6.45) is 0. The summed E-state index contributed by atoms with van der Waals surface area (Å²) in [4.78, 5) is 4.72. The second-order valence-electron chi connectivity index (χ2n) is 9.19. The van der Waals surface area contributed by atoms with Crippen LogP contribution in [0.4, 0.5) is 4.39 Å². The van der Waals surface area contributed by atoms with Crippen LogP contribution >= 0.6 is 0 Å². The number of benzene rings is 1. The number of furan rings is 1. The topological polar surface area (TPSA) is 49.1 Å². The number of halogens is 1. The lowest BCUT2D eigenvalue weighted by molar-refractivity contribution is -0.0712. The van der Waals surface area contributed by atoms with E-state index in [0.29, 0.717) is 18.8 Å². The van der Waals surface area contributed by atoms with Gasteiger partial charge in [-0.1, -0.05) is 39.8 Å². The molecule has 172 valence electrons. The van der Waals surface area contributed by atoms with Crippen molar-refractivity contribution in [1.82, 2.24) is 9.80 Å². The molecule has 1 aliphatic heterocycles. The van der Waals surface area contributed by atoms with Gasteiger partial charge in [0.05, 0.1) is 19.8 Å². The summed E-state index contributed by atoms with van der Waals surface area (Å²) >= 11 is 0. The summed E-state index contributed by atoms with van der Waals surface area (Å²) in [7, 11) is 0. The molecule has 0 atom stereocenters. The highest BCUT2D eigenvalue weighted by Crippen LogP contribution is 2.37. The van der Waals surface area contributed by atoms with Crippen LogP contribution in [0.25, 0.3) is 0 Å². The van der Waals surface area contributed by atoms with E-state index in [9.17, 15) is 9.50 Å². The van der Waals surface area contributed by atoms with E-state index in [1.54, 1.807) is 0 Å². The Kier molecular flexibility index (Phi) is 8.28. The Morgan fingerprint density at radius 3 is 2.26 bits per heavy atom. The van der Waals surface area contributed by atoms with E-state index in [0.717, 1.165) is 50.7 Å². The Balaban J connectivity index is 1.72. The van der Waals surface area contributed by atoms with E-state index in [2.05, 4.69) is 9.80 Å². The summed E-state index contributed by atoms with van der Waals surface area (Å²) in [6, 6.07) is 10.6. The fourth-order valence-electron chi connectivity index (χ4n) is 4.30. The molecule has 1 aliphatic rings. The van der Waals surface area contributed by atoms with E-state index in [4.69, 9.17) is 9.15 Å². The van der Waals surface area contributed by atoms with Crippen molar-refractivity contribution in [1.29, 1.82) is 0 Å². The van der Waals surface area contributed by atoms with Crippen LogP contribution in [0.5, 0.6) is 0 Å². The van der Waals surface area contributed by atoms with Crippen molar-refractivity contribution in [3.05, 3.63) is 59.3 Å². The highest BCUT2D eigenvalue weighted by Gasteiger charge is 2.39. The summed E-state index contributed by atoms with van der Waals surface area (Å²) in [5.74, 6) is 1.33. The first kappa shape index (κ1) is 23.9. The zero-order valence-corrected chi connectivity index (χ0v) is 19.3. The average molecular weight is 433 g/mol. The highest BCUT2D eigenvalue weighted by molar-refractivity contribution is 5.18. The zero-order valence-electron chi connectivity index (χ0n) is 19.3. The highest BCUT2D eigenvalue weighted by atomic mass is 19.1. The minimum atomic E-state index is -0.992. The number of ether oxygens (including phenoxy) is 1. The van der Waals surface area contributed by atoms with Crippen LogP contribution in [-0.2, 0) is 23.4 Å². The Bertz CT molecular complexity index is 789. The lowest BCUT2D eigenvalue weighted by Crippen LogP contribution is -2.41. The average Bonchev–Trinajstić information content (AvgIpc) is 3.22. The van der Waals surface area contributed by atoms with Crippen molar-refractivity contribution in [2.45, 2.75) is 46.4 Å². The van der Waals surface area contributed by atoms with E-state index >= 15 is 0 Å². The number of hydrogen-bond donors (Lipinski definition) is 1. The van der Waals surface area contributed by atoms with Crippen molar-refractivity contribution >= 4 is 0 Å². The van der Waals surface area contributed by atoms with Gasteiger partial charge in [-0.3, -0.25) is 9.80 Å². The quantitative estimate of drug-likeness (QED) is 0.608. The molecule has 1 saturated heterocycles. The number of rotatable bonds is 10. The molecule has 0 bridgehead atoms. The van der Waals surface area contributed by atoms with Crippen molar-refractivity contribution in [2.75, 3.05) is 39.4 Å². The molecule has 0 aliphatic carbocycles. The lowest BCUT2D eigenvalue weighted by Gasteiger charge is -2.34. The minimum Gasteiger partial charge on any atom is -0.462 e. The summed E-state index contributed by atoms with van der Waals surface area (Å²) < 4.78 is 25.0.